The van der Waals surface area contributed by atoms with Crippen LogP contribution in [0.2, 0.25) is 0 Å². The minimum atomic E-state index is -3.27. The Kier molecular flexibility index (Phi) is 6.71. The predicted octanol–water partition coefficient (Wildman–Crippen LogP) is -0.202. The number of carbonyl (C=O) groups excluding carboxylic acids is 4. The molecule has 0 saturated carbocycles. The zero-order valence-electron chi connectivity index (χ0n) is 16.7. The van der Waals surface area contributed by atoms with E-state index in [2.05, 4.69) is 10.6 Å². The predicted molar refractivity (Wildman–Crippen MR) is 104 cm³/mol. The van der Waals surface area contributed by atoms with Gasteiger partial charge in [-0.15, -0.1) is 0 Å². The monoisotopic (exact) mass is 438 g/mol. The topological polar surface area (TPSA) is 131 Å². The van der Waals surface area contributed by atoms with Crippen LogP contribution in [0, 0.1) is 5.92 Å². The van der Waals surface area contributed by atoms with Gasteiger partial charge in [0.15, 0.2) is 6.61 Å². The van der Waals surface area contributed by atoms with Gasteiger partial charge in [-0.05, 0) is 25.0 Å². The number of amides is 4. The van der Waals surface area contributed by atoms with Gasteiger partial charge in [0.05, 0.1) is 6.54 Å². The number of ether oxygens (including phenoxy) is 1. The lowest BCUT2D eigenvalue weighted by Gasteiger charge is -2.25. The standard InChI is InChI=1S/C20H24F2N4O5/c21-20(22)9-15(26(11-20)16(27)10-31-13-4-2-1-3-5-13)19(30)25-14(17(23)28)8-12-6-7-24-18(12)29/h1-5,12,14-15H,6-11H2,(H2,23,28)(H,24,29)(H,25,30)/t12-,14-,15-/m0/s1. The van der Waals surface area contributed by atoms with E-state index in [1.54, 1.807) is 30.3 Å². The second-order valence-corrected chi connectivity index (χ2v) is 7.68. The molecule has 1 aromatic carbocycles. The average molecular weight is 438 g/mol. The fraction of sp³-hybridized carbons (Fsp3) is 0.500. The van der Waals surface area contributed by atoms with Crippen LogP contribution in [0.5, 0.6) is 5.75 Å². The Morgan fingerprint density at radius 2 is 2.00 bits per heavy atom. The van der Waals surface area contributed by atoms with Crippen molar-refractivity contribution in [2.75, 3.05) is 19.7 Å². The molecule has 4 N–H and O–H groups in total. The van der Waals surface area contributed by atoms with Gasteiger partial charge in [-0.3, -0.25) is 19.2 Å². The quantitative estimate of drug-likeness (QED) is 0.517. The van der Waals surface area contributed by atoms with Crippen LogP contribution >= 0.6 is 0 Å². The van der Waals surface area contributed by atoms with Gasteiger partial charge in [0.2, 0.25) is 17.7 Å². The van der Waals surface area contributed by atoms with E-state index in [1.807, 2.05) is 0 Å². The number of halogens is 2. The second kappa shape index (κ2) is 9.27. The molecule has 31 heavy (non-hydrogen) atoms. The number of para-hydroxylation sites is 1. The molecule has 2 saturated heterocycles. The summed E-state index contributed by atoms with van der Waals surface area (Å²) in [5, 5.41) is 4.95. The van der Waals surface area contributed by atoms with Crippen molar-refractivity contribution in [2.24, 2.45) is 11.7 Å². The number of hydrogen-bond donors (Lipinski definition) is 3. The van der Waals surface area contributed by atoms with E-state index in [0.29, 0.717) is 18.7 Å². The zero-order valence-corrected chi connectivity index (χ0v) is 16.7. The molecule has 4 amide bonds. The number of hydrogen-bond acceptors (Lipinski definition) is 5. The highest BCUT2D eigenvalue weighted by molar-refractivity contribution is 5.93. The zero-order chi connectivity index (χ0) is 22.6. The Hall–Kier alpha value is -3.24. The van der Waals surface area contributed by atoms with Gasteiger partial charge in [-0.2, -0.15) is 0 Å². The van der Waals surface area contributed by atoms with Crippen LogP contribution in [0.4, 0.5) is 8.78 Å². The maximum absolute atomic E-state index is 14.0. The lowest BCUT2D eigenvalue weighted by Crippen LogP contribution is -2.53. The lowest BCUT2D eigenvalue weighted by molar-refractivity contribution is -0.141. The third kappa shape index (κ3) is 5.68. The summed E-state index contributed by atoms with van der Waals surface area (Å²) < 4.78 is 33.4. The first kappa shape index (κ1) is 22.4. The van der Waals surface area contributed by atoms with Crippen molar-refractivity contribution in [3.63, 3.8) is 0 Å². The SMILES string of the molecule is NC(=O)[C@H](C[C@@H]1CCNC1=O)NC(=O)[C@@H]1CC(F)(F)CN1C(=O)COc1ccccc1. The van der Waals surface area contributed by atoms with Crippen molar-refractivity contribution < 1.29 is 32.7 Å². The van der Waals surface area contributed by atoms with Crippen LogP contribution in [0.3, 0.4) is 0 Å². The molecule has 0 bridgehead atoms. The molecule has 2 aliphatic rings. The first-order valence-electron chi connectivity index (χ1n) is 9.89. The number of nitrogens with two attached hydrogens (primary N) is 1. The highest BCUT2D eigenvalue weighted by Gasteiger charge is 2.50. The Bertz CT molecular complexity index is 851. The van der Waals surface area contributed by atoms with Gasteiger partial charge < -0.3 is 26.0 Å². The summed E-state index contributed by atoms with van der Waals surface area (Å²) in [4.78, 5) is 49.5. The van der Waals surface area contributed by atoms with E-state index in [1.165, 1.54) is 0 Å². The summed E-state index contributed by atoms with van der Waals surface area (Å²) in [6, 6.07) is 5.64. The highest BCUT2D eigenvalue weighted by atomic mass is 19.3. The van der Waals surface area contributed by atoms with Crippen molar-refractivity contribution >= 4 is 23.6 Å². The van der Waals surface area contributed by atoms with Crippen LogP contribution < -0.4 is 21.1 Å². The maximum atomic E-state index is 14.0. The van der Waals surface area contributed by atoms with E-state index >= 15 is 0 Å². The van der Waals surface area contributed by atoms with Gasteiger partial charge in [-0.1, -0.05) is 18.2 Å². The lowest BCUT2D eigenvalue weighted by atomic mass is 9.97. The molecule has 3 rings (SSSR count). The Labute approximate surface area is 177 Å². The molecule has 2 heterocycles. The van der Waals surface area contributed by atoms with Crippen molar-refractivity contribution in [3.8, 4) is 5.75 Å². The number of alkyl halides is 2. The van der Waals surface area contributed by atoms with Gasteiger partial charge in [0.1, 0.15) is 17.8 Å². The summed E-state index contributed by atoms with van der Waals surface area (Å²) in [7, 11) is 0. The molecule has 9 nitrogen and oxygen atoms in total. The van der Waals surface area contributed by atoms with Crippen molar-refractivity contribution in [1.82, 2.24) is 15.5 Å². The van der Waals surface area contributed by atoms with Crippen LogP contribution in [0.15, 0.2) is 30.3 Å². The fourth-order valence-electron chi connectivity index (χ4n) is 3.73. The van der Waals surface area contributed by atoms with Crippen LogP contribution in [-0.2, 0) is 19.2 Å². The molecule has 168 valence electrons. The van der Waals surface area contributed by atoms with Crippen LogP contribution in [0.1, 0.15) is 19.3 Å². The van der Waals surface area contributed by atoms with Gasteiger partial charge >= 0.3 is 0 Å². The molecule has 0 unspecified atom stereocenters. The third-order valence-corrected chi connectivity index (χ3v) is 5.34. The molecule has 0 aliphatic carbocycles. The van der Waals surface area contributed by atoms with Crippen LogP contribution in [-0.4, -0.2) is 66.2 Å². The summed E-state index contributed by atoms with van der Waals surface area (Å²) in [6.07, 6.45) is -0.451. The molecule has 2 aliphatic heterocycles. The number of benzene rings is 1. The fourth-order valence-corrected chi connectivity index (χ4v) is 3.73. The molecule has 3 atom stereocenters. The maximum Gasteiger partial charge on any atom is 0.267 e. The average Bonchev–Trinajstić information content (AvgIpc) is 3.28. The molecule has 2 fully saturated rings. The normalized spacial score (nSPS) is 23.2. The molecule has 0 aromatic heterocycles. The number of nitrogens with zero attached hydrogens (tertiary/aromatic N) is 1. The first-order valence-corrected chi connectivity index (χ1v) is 9.89. The van der Waals surface area contributed by atoms with E-state index in [4.69, 9.17) is 10.5 Å². The van der Waals surface area contributed by atoms with Gasteiger partial charge in [0, 0.05) is 18.9 Å². The van der Waals surface area contributed by atoms with E-state index in [9.17, 15) is 28.0 Å². The van der Waals surface area contributed by atoms with Crippen molar-refractivity contribution in [2.45, 2.75) is 37.3 Å². The number of likely N-dealkylation sites (tertiary alicyclic amines) is 1. The van der Waals surface area contributed by atoms with E-state index in [-0.39, 0.29) is 12.3 Å². The first-order chi connectivity index (χ1) is 14.7. The molecular weight excluding hydrogens is 414 g/mol. The third-order valence-electron chi connectivity index (χ3n) is 5.34. The van der Waals surface area contributed by atoms with Crippen molar-refractivity contribution in [1.29, 1.82) is 0 Å². The number of primary amides is 1. The Morgan fingerprint density at radius 1 is 1.29 bits per heavy atom. The summed E-state index contributed by atoms with van der Waals surface area (Å²) >= 11 is 0. The van der Waals surface area contributed by atoms with E-state index in [0.717, 1.165) is 4.90 Å². The summed E-state index contributed by atoms with van der Waals surface area (Å²) in [5.74, 6) is -6.26. The Balaban J connectivity index is 1.65. The molecule has 0 spiro atoms. The van der Waals surface area contributed by atoms with E-state index < -0.39 is 61.2 Å². The van der Waals surface area contributed by atoms with Gasteiger partial charge in [-0.25, -0.2) is 8.78 Å². The summed E-state index contributed by atoms with van der Waals surface area (Å²) in [6.45, 7) is -1.01. The molecule has 1 aromatic rings. The minimum Gasteiger partial charge on any atom is -0.484 e. The smallest absolute Gasteiger partial charge is 0.267 e. The minimum absolute atomic E-state index is 0.0406. The molecular formula is C20H24F2N4O5. The second-order valence-electron chi connectivity index (χ2n) is 7.68. The summed E-state index contributed by atoms with van der Waals surface area (Å²) in [5.41, 5.74) is 5.33. The van der Waals surface area contributed by atoms with Crippen LogP contribution in [0.25, 0.3) is 0 Å². The highest BCUT2D eigenvalue weighted by Crippen LogP contribution is 2.32. The largest absolute Gasteiger partial charge is 0.484 e. The van der Waals surface area contributed by atoms with Gasteiger partial charge in [0.25, 0.3) is 11.8 Å². The number of rotatable bonds is 8. The Morgan fingerprint density at radius 3 is 2.61 bits per heavy atom. The van der Waals surface area contributed by atoms with Crippen molar-refractivity contribution in [3.05, 3.63) is 30.3 Å². The molecule has 11 heteroatoms. The molecule has 0 radical (unpaired) electrons. The number of nitrogens with one attached hydrogen (secondary N) is 2. The number of carbonyl (C=O) groups is 4.